The fraction of sp³-hybridized carbons (Fsp3) is 0.217. The lowest BCUT2D eigenvalue weighted by atomic mass is 9.82. The molecule has 0 fully saturated rings. The maximum Gasteiger partial charge on any atom is 0.124 e. The molecule has 4 rings (SSSR count). The van der Waals surface area contributed by atoms with E-state index in [4.69, 9.17) is 4.74 Å². The highest BCUT2D eigenvalue weighted by Gasteiger charge is 2.36. The Kier molecular flexibility index (Phi) is 4.08. The zero-order chi connectivity index (χ0) is 16.4. The van der Waals surface area contributed by atoms with Crippen LogP contribution in [0.5, 0.6) is 5.75 Å². The summed E-state index contributed by atoms with van der Waals surface area (Å²) >= 11 is 0. The van der Waals surface area contributed by atoms with E-state index in [2.05, 4.69) is 79.7 Å². The molecule has 1 heteroatoms. The van der Waals surface area contributed by atoms with Gasteiger partial charge in [0, 0.05) is 5.56 Å². The van der Waals surface area contributed by atoms with E-state index in [1.165, 1.54) is 22.3 Å². The highest BCUT2D eigenvalue weighted by molar-refractivity contribution is 5.72. The number of hydrogen-bond acceptors (Lipinski definition) is 1. The molecule has 1 nitrogen and oxygen atoms in total. The lowest BCUT2D eigenvalue weighted by Crippen LogP contribution is -2.19. The second-order valence-corrected chi connectivity index (χ2v) is 6.33. The number of hydrogen-bond donors (Lipinski definition) is 0. The third-order valence-corrected chi connectivity index (χ3v) is 4.75. The van der Waals surface area contributed by atoms with Crippen LogP contribution in [0.15, 0.2) is 72.8 Å². The zero-order valence-corrected chi connectivity index (χ0v) is 13.9. The number of ether oxygens (including phenoxy) is 1. The third-order valence-electron chi connectivity index (χ3n) is 4.75. The summed E-state index contributed by atoms with van der Waals surface area (Å²) in [6.07, 6.45) is 2.38. The van der Waals surface area contributed by atoms with Crippen LogP contribution in [0.2, 0.25) is 0 Å². The molecule has 1 aliphatic rings. The third kappa shape index (κ3) is 2.60. The number of benzene rings is 3. The summed E-state index contributed by atoms with van der Waals surface area (Å²) in [6, 6.07) is 28.8. The molecule has 3 aromatic rings. The smallest absolute Gasteiger partial charge is 0.124 e. The maximum atomic E-state index is 6.36. The molecule has 2 unspecified atom stereocenters. The molecule has 1 heterocycles. The maximum absolute atomic E-state index is 6.36. The normalized spacial score (nSPS) is 18.9. The average Bonchev–Trinajstić information content (AvgIpc) is 3.01. The Morgan fingerprint density at radius 2 is 1.62 bits per heavy atom. The van der Waals surface area contributed by atoms with E-state index in [1.807, 2.05) is 6.07 Å². The molecule has 0 spiro atoms. The molecule has 2 atom stereocenters. The van der Waals surface area contributed by atoms with Gasteiger partial charge in [0.15, 0.2) is 0 Å². The van der Waals surface area contributed by atoms with Gasteiger partial charge in [-0.1, -0.05) is 80.1 Å². The molecule has 1 radical (unpaired) electrons. The second kappa shape index (κ2) is 6.52. The lowest BCUT2D eigenvalue weighted by Gasteiger charge is -2.20. The predicted molar refractivity (Wildman–Crippen MR) is 98.3 cm³/mol. The first kappa shape index (κ1) is 15.0. The summed E-state index contributed by atoms with van der Waals surface area (Å²) in [6.45, 7) is 2.22. The molecule has 24 heavy (non-hydrogen) atoms. The molecule has 0 N–H and O–H groups in total. The fourth-order valence-corrected chi connectivity index (χ4v) is 3.72. The van der Waals surface area contributed by atoms with Crippen LogP contribution in [0.4, 0.5) is 0 Å². The summed E-state index contributed by atoms with van der Waals surface area (Å²) in [5.74, 6) is 1.29. The Morgan fingerprint density at radius 1 is 0.917 bits per heavy atom. The molecule has 1 aliphatic heterocycles. The molecule has 0 saturated carbocycles. The molecule has 0 saturated heterocycles. The van der Waals surface area contributed by atoms with E-state index in [0.29, 0.717) is 0 Å². The number of fused-ring (bicyclic) bond motifs is 1. The van der Waals surface area contributed by atoms with Crippen LogP contribution >= 0.6 is 0 Å². The van der Waals surface area contributed by atoms with E-state index in [0.717, 1.165) is 18.6 Å². The predicted octanol–water partition coefficient (Wildman–Crippen LogP) is 5.85. The molecular weight excluding hydrogens is 292 g/mol. The van der Waals surface area contributed by atoms with E-state index in [1.54, 1.807) is 0 Å². The van der Waals surface area contributed by atoms with Crippen molar-refractivity contribution in [1.29, 1.82) is 0 Å². The highest BCUT2D eigenvalue weighted by atomic mass is 16.5. The summed E-state index contributed by atoms with van der Waals surface area (Å²) in [5.41, 5.74) is 4.98. The summed E-state index contributed by atoms with van der Waals surface area (Å²) in [4.78, 5) is 0. The zero-order valence-electron chi connectivity index (χ0n) is 13.9. The Hall–Kier alpha value is -2.54. The Bertz CT molecular complexity index is 808. The van der Waals surface area contributed by atoms with Gasteiger partial charge in [-0.2, -0.15) is 0 Å². The molecule has 0 bridgehead atoms. The van der Waals surface area contributed by atoms with Gasteiger partial charge >= 0.3 is 0 Å². The van der Waals surface area contributed by atoms with Gasteiger partial charge in [-0.3, -0.25) is 0 Å². The summed E-state index contributed by atoms with van der Waals surface area (Å²) in [5, 5.41) is 0. The van der Waals surface area contributed by atoms with Crippen LogP contribution in [0.25, 0.3) is 11.1 Å². The van der Waals surface area contributed by atoms with Crippen LogP contribution in [-0.4, -0.2) is 6.10 Å². The van der Waals surface area contributed by atoms with Gasteiger partial charge in [0.05, 0.1) is 5.92 Å². The molecule has 3 aromatic carbocycles. The van der Waals surface area contributed by atoms with Crippen molar-refractivity contribution in [2.45, 2.75) is 31.8 Å². The van der Waals surface area contributed by atoms with Gasteiger partial charge < -0.3 is 4.74 Å². The Morgan fingerprint density at radius 3 is 2.33 bits per heavy atom. The van der Waals surface area contributed by atoms with Crippen molar-refractivity contribution in [3.05, 3.63) is 90.0 Å². The van der Waals surface area contributed by atoms with Crippen LogP contribution < -0.4 is 4.74 Å². The van der Waals surface area contributed by atoms with Gasteiger partial charge in [-0.25, -0.2) is 0 Å². The van der Waals surface area contributed by atoms with Crippen LogP contribution in [0, 0.1) is 6.07 Å². The average molecular weight is 313 g/mol. The SMILES string of the molecule is CCCC1Oc2cc[c]c(-c3ccccc3)c2C1c1ccccc1. The van der Waals surface area contributed by atoms with Gasteiger partial charge in [-0.05, 0) is 35.2 Å². The molecule has 0 amide bonds. The minimum absolute atomic E-state index is 0.200. The first-order valence-electron chi connectivity index (χ1n) is 8.70. The van der Waals surface area contributed by atoms with E-state index in [-0.39, 0.29) is 12.0 Å². The quantitative estimate of drug-likeness (QED) is 0.587. The first-order chi connectivity index (χ1) is 11.9. The van der Waals surface area contributed by atoms with E-state index >= 15 is 0 Å². The van der Waals surface area contributed by atoms with Gasteiger partial charge in [0.25, 0.3) is 0 Å². The molecule has 0 aromatic heterocycles. The van der Waals surface area contributed by atoms with E-state index < -0.39 is 0 Å². The topological polar surface area (TPSA) is 9.23 Å². The standard InChI is InChI=1S/C23H21O/c1-2-10-20-22(18-13-7-4-8-14-18)23-19(15-9-16-21(23)24-20)17-11-5-3-6-12-17/h3-9,11-14,16,20,22H,2,10H2,1H3. The van der Waals surface area contributed by atoms with Crippen molar-refractivity contribution in [2.24, 2.45) is 0 Å². The van der Waals surface area contributed by atoms with Crippen LogP contribution in [-0.2, 0) is 0 Å². The lowest BCUT2D eigenvalue weighted by molar-refractivity contribution is 0.205. The second-order valence-electron chi connectivity index (χ2n) is 6.33. The van der Waals surface area contributed by atoms with Gasteiger partial charge in [0.2, 0.25) is 0 Å². The molecule has 119 valence electrons. The summed E-state index contributed by atoms with van der Waals surface area (Å²) < 4.78 is 6.36. The van der Waals surface area contributed by atoms with Crippen molar-refractivity contribution in [1.82, 2.24) is 0 Å². The van der Waals surface area contributed by atoms with Crippen molar-refractivity contribution >= 4 is 0 Å². The fourth-order valence-electron chi connectivity index (χ4n) is 3.72. The van der Waals surface area contributed by atoms with Crippen LogP contribution in [0.3, 0.4) is 0 Å². The van der Waals surface area contributed by atoms with Crippen molar-refractivity contribution in [3.63, 3.8) is 0 Å². The Balaban J connectivity index is 1.88. The van der Waals surface area contributed by atoms with Crippen LogP contribution in [0.1, 0.15) is 36.8 Å². The number of rotatable bonds is 4. The van der Waals surface area contributed by atoms with Gasteiger partial charge in [-0.15, -0.1) is 0 Å². The monoisotopic (exact) mass is 313 g/mol. The van der Waals surface area contributed by atoms with Crippen molar-refractivity contribution in [3.8, 4) is 16.9 Å². The minimum Gasteiger partial charge on any atom is -0.489 e. The van der Waals surface area contributed by atoms with E-state index in [9.17, 15) is 0 Å². The van der Waals surface area contributed by atoms with Crippen molar-refractivity contribution in [2.75, 3.05) is 0 Å². The Labute approximate surface area is 143 Å². The summed E-state index contributed by atoms with van der Waals surface area (Å²) in [7, 11) is 0. The largest absolute Gasteiger partial charge is 0.489 e. The highest BCUT2D eigenvalue weighted by Crippen LogP contribution is 2.48. The minimum atomic E-state index is 0.200. The van der Waals surface area contributed by atoms with Gasteiger partial charge in [0.1, 0.15) is 11.9 Å². The first-order valence-corrected chi connectivity index (χ1v) is 8.70. The van der Waals surface area contributed by atoms with Crippen molar-refractivity contribution < 1.29 is 4.74 Å². The molecular formula is C23H21O. The molecule has 0 aliphatic carbocycles.